The van der Waals surface area contributed by atoms with Gasteiger partial charge in [0.2, 0.25) is 0 Å². The number of rotatable bonds is 3. The third kappa shape index (κ3) is 2.05. The molecule has 0 saturated carbocycles. The SMILES string of the molecule is Cc1nc(NCCO)c2ccccc2n1. The Hall–Kier alpha value is -1.68. The van der Waals surface area contributed by atoms with Gasteiger partial charge < -0.3 is 10.4 Å². The van der Waals surface area contributed by atoms with Crippen LogP contribution in [0.3, 0.4) is 0 Å². The summed E-state index contributed by atoms with van der Waals surface area (Å²) in [6, 6.07) is 7.82. The van der Waals surface area contributed by atoms with Crippen LogP contribution in [-0.2, 0) is 0 Å². The largest absolute Gasteiger partial charge is 0.395 e. The first-order valence-electron chi connectivity index (χ1n) is 4.89. The van der Waals surface area contributed by atoms with E-state index < -0.39 is 0 Å². The Balaban J connectivity index is 2.50. The van der Waals surface area contributed by atoms with Crippen molar-refractivity contribution in [2.45, 2.75) is 6.92 Å². The lowest BCUT2D eigenvalue weighted by Gasteiger charge is -2.07. The molecule has 2 aromatic rings. The summed E-state index contributed by atoms with van der Waals surface area (Å²) in [5.74, 6) is 1.52. The number of benzene rings is 1. The van der Waals surface area contributed by atoms with Gasteiger partial charge in [0.05, 0.1) is 12.1 Å². The molecule has 0 spiro atoms. The second-order valence-corrected chi connectivity index (χ2v) is 3.29. The average molecular weight is 203 g/mol. The maximum absolute atomic E-state index is 8.76. The van der Waals surface area contributed by atoms with E-state index in [0.29, 0.717) is 6.54 Å². The van der Waals surface area contributed by atoms with E-state index in [1.807, 2.05) is 31.2 Å². The molecule has 4 heteroatoms. The Labute approximate surface area is 88.0 Å². The van der Waals surface area contributed by atoms with Crippen molar-refractivity contribution < 1.29 is 5.11 Å². The third-order valence-electron chi connectivity index (χ3n) is 2.12. The number of hydrogen-bond acceptors (Lipinski definition) is 4. The van der Waals surface area contributed by atoms with Crippen LogP contribution in [0.4, 0.5) is 5.82 Å². The van der Waals surface area contributed by atoms with Crippen molar-refractivity contribution in [2.75, 3.05) is 18.5 Å². The van der Waals surface area contributed by atoms with Gasteiger partial charge in [-0.1, -0.05) is 12.1 Å². The smallest absolute Gasteiger partial charge is 0.137 e. The summed E-state index contributed by atoms with van der Waals surface area (Å²) in [5.41, 5.74) is 0.922. The minimum absolute atomic E-state index is 0.0946. The van der Waals surface area contributed by atoms with E-state index >= 15 is 0 Å². The number of nitrogens with zero attached hydrogens (tertiary/aromatic N) is 2. The van der Waals surface area contributed by atoms with E-state index in [4.69, 9.17) is 5.11 Å². The molecule has 15 heavy (non-hydrogen) atoms. The van der Waals surface area contributed by atoms with E-state index in [0.717, 1.165) is 22.5 Å². The molecule has 0 fully saturated rings. The number of aromatic nitrogens is 2. The van der Waals surface area contributed by atoms with Gasteiger partial charge in [-0.2, -0.15) is 0 Å². The quantitative estimate of drug-likeness (QED) is 0.790. The van der Waals surface area contributed by atoms with E-state index in [2.05, 4.69) is 15.3 Å². The van der Waals surface area contributed by atoms with Crippen LogP contribution in [0.15, 0.2) is 24.3 Å². The minimum Gasteiger partial charge on any atom is -0.395 e. The number of aryl methyl sites for hydroxylation is 1. The molecule has 0 radical (unpaired) electrons. The number of anilines is 1. The molecule has 0 aliphatic rings. The Bertz CT molecular complexity index is 470. The Morgan fingerprint density at radius 2 is 2.07 bits per heavy atom. The molecule has 0 bridgehead atoms. The molecule has 0 aliphatic heterocycles. The fourth-order valence-corrected chi connectivity index (χ4v) is 1.50. The standard InChI is InChI=1S/C11H13N3O/c1-8-13-10-5-3-2-4-9(10)11(14-8)12-6-7-15/h2-5,15H,6-7H2,1H3,(H,12,13,14). The summed E-state index contributed by atoms with van der Waals surface area (Å²) >= 11 is 0. The summed E-state index contributed by atoms with van der Waals surface area (Å²) < 4.78 is 0. The zero-order valence-electron chi connectivity index (χ0n) is 8.57. The Kier molecular flexibility index (Phi) is 2.78. The molecule has 1 aromatic carbocycles. The molecular formula is C11H13N3O. The first kappa shape index (κ1) is 9.86. The van der Waals surface area contributed by atoms with Crippen LogP contribution >= 0.6 is 0 Å². The molecule has 1 aromatic heterocycles. The summed E-state index contributed by atoms with van der Waals surface area (Å²) in [6.07, 6.45) is 0. The van der Waals surface area contributed by atoms with Crippen molar-refractivity contribution >= 4 is 16.7 Å². The zero-order chi connectivity index (χ0) is 10.7. The number of hydrogen-bond donors (Lipinski definition) is 2. The van der Waals surface area contributed by atoms with Gasteiger partial charge in [0.25, 0.3) is 0 Å². The highest BCUT2D eigenvalue weighted by atomic mass is 16.3. The topological polar surface area (TPSA) is 58.0 Å². The maximum atomic E-state index is 8.76. The zero-order valence-corrected chi connectivity index (χ0v) is 8.57. The van der Waals surface area contributed by atoms with Gasteiger partial charge in [-0.3, -0.25) is 0 Å². The highest BCUT2D eigenvalue weighted by molar-refractivity contribution is 5.88. The van der Waals surface area contributed by atoms with Crippen molar-refractivity contribution in [2.24, 2.45) is 0 Å². The maximum Gasteiger partial charge on any atom is 0.137 e. The minimum atomic E-state index is 0.0946. The normalized spacial score (nSPS) is 10.5. The number of para-hydroxylation sites is 1. The predicted molar refractivity (Wildman–Crippen MR) is 59.9 cm³/mol. The van der Waals surface area contributed by atoms with E-state index in [1.165, 1.54) is 0 Å². The van der Waals surface area contributed by atoms with Gasteiger partial charge in [0, 0.05) is 11.9 Å². The highest BCUT2D eigenvalue weighted by Crippen LogP contribution is 2.19. The Morgan fingerprint density at radius 3 is 2.87 bits per heavy atom. The molecule has 0 saturated heterocycles. The summed E-state index contributed by atoms with van der Waals surface area (Å²) in [6.45, 7) is 2.45. The van der Waals surface area contributed by atoms with Gasteiger partial charge >= 0.3 is 0 Å². The molecule has 0 amide bonds. The van der Waals surface area contributed by atoms with E-state index in [1.54, 1.807) is 0 Å². The molecule has 4 nitrogen and oxygen atoms in total. The molecule has 2 rings (SSSR count). The summed E-state index contributed by atoms with van der Waals surface area (Å²) in [5, 5.41) is 12.8. The van der Waals surface area contributed by atoms with Crippen molar-refractivity contribution in [3.05, 3.63) is 30.1 Å². The van der Waals surface area contributed by atoms with E-state index in [9.17, 15) is 0 Å². The van der Waals surface area contributed by atoms with Gasteiger partial charge in [-0.25, -0.2) is 9.97 Å². The number of aliphatic hydroxyl groups is 1. The third-order valence-corrected chi connectivity index (χ3v) is 2.12. The fraction of sp³-hybridized carbons (Fsp3) is 0.273. The molecule has 0 aliphatic carbocycles. The van der Waals surface area contributed by atoms with Crippen LogP contribution in [0.25, 0.3) is 10.9 Å². The number of nitrogens with one attached hydrogen (secondary N) is 1. The lowest BCUT2D eigenvalue weighted by Crippen LogP contribution is -2.08. The van der Waals surface area contributed by atoms with Crippen LogP contribution in [0, 0.1) is 6.92 Å². The van der Waals surface area contributed by atoms with Crippen LogP contribution in [0.2, 0.25) is 0 Å². The molecule has 2 N–H and O–H groups in total. The molecule has 1 heterocycles. The second-order valence-electron chi connectivity index (χ2n) is 3.29. The first-order valence-corrected chi connectivity index (χ1v) is 4.89. The summed E-state index contributed by atoms with van der Waals surface area (Å²) in [4.78, 5) is 8.64. The van der Waals surface area contributed by atoms with Crippen LogP contribution in [0.1, 0.15) is 5.82 Å². The lowest BCUT2D eigenvalue weighted by molar-refractivity contribution is 0.311. The molecule has 0 unspecified atom stereocenters. The predicted octanol–water partition coefficient (Wildman–Crippen LogP) is 1.34. The monoisotopic (exact) mass is 203 g/mol. The second kappa shape index (κ2) is 4.23. The average Bonchev–Trinajstić information content (AvgIpc) is 2.25. The number of fused-ring (bicyclic) bond motifs is 1. The summed E-state index contributed by atoms with van der Waals surface area (Å²) in [7, 11) is 0. The van der Waals surface area contributed by atoms with Crippen molar-refractivity contribution in [1.82, 2.24) is 9.97 Å². The molecular weight excluding hydrogens is 190 g/mol. The molecule has 0 atom stereocenters. The number of aliphatic hydroxyl groups excluding tert-OH is 1. The van der Waals surface area contributed by atoms with Gasteiger partial charge in [0.1, 0.15) is 11.6 Å². The van der Waals surface area contributed by atoms with Crippen LogP contribution in [0.5, 0.6) is 0 Å². The molecule has 78 valence electrons. The van der Waals surface area contributed by atoms with Crippen molar-refractivity contribution in [3.8, 4) is 0 Å². The first-order chi connectivity index (χ1) is 7.31. The van der Waals surface area contributed by atoms with Crippen LogP contribution < -0.4 is 5.32 Å². The highest BCUT2D eigenvalue weighted by Gasteiger charge is 2.03. The fourth-order valence-electron chi connectivity index (χ4n) is 1.50. The van der Waals surface area contributed by atoms with Crippen molar-refractivity contribution in [1.29, 1.82) is 0 Å². The van der Waals surface area contributed by atoms with Gasteiger partial charge in [-0.15, -0.1) is 0 Å². The van der Waals surface area contributed by atoms with Crippen LogP contribution in [-0.4, -0.2) is 28.2 Å². The van der Waals surface area contributed by atoms with Gasteiger partial charge in [-0.05, 0) is 19.1 Å². The lowest BCUT2D eigenvalue weighted by atomic mass is 10.2. The van der Waals surface area contributed by atoms with E-state index in [-0.39, 0.29) is 6.61 Å². The Morgan fingerprint density at radius 1 is 1.27 bits per heavy atom. The van der Waals surface area contributed by atoms with Crippen molar-refractivity contribution in [3.63, 3.8) is 0 Å². The van der Waals surface area contributed by atoms with Gasteiger partial charge in [0.15, 0.2) is 0 Å².